The van der Waals surface area contributed by atoms with Gasteiger partial charge in [-0.15, -0.1) is 10.2 Å². The topological polar surface area (TPSA) is 66.0 Å². The van der Waals surface area contributed by atoms with Gasteiger partial charge in [-0.2, -0.15) is 0 Å². The molecule has 0 atom stereocenters. The smallest absolute Gasteiger partial charge is 0.205 e. The summed E-state index contributed by atoms with van der Waals surface area (Å²) in [4.78, 5) is 4.31. The molecule has 0 aliphatic carbocycles. The summed E-state index contributed by atoms with van der Waals surface area (Å²) in [5.41, 5.74) is 1.02. The predicted molar refractivity (Wildman–Crippen MR) is 83.4 cm³/mol. The molecule has 0 radical (unpaired) electrons. The number of ether oxygens (including phenoxy) is 1. The molecule has 0 unspecified atom stereocenters. The molecule has 0 aliphatic heterocycles. The molecule has 0 bridgehead atoms. The summed E-state index contributed by atoms with van der Waals surface area (Å²) in [5, 5.41) is 8.86. The van der Waals surface area contributed by atoms with Crippen LogP contribution < -0.4 is 0 Å². The van der Waals surface area contributed by atoms with Crippen molar-refractivity contribution in [3.05, 3.63) is 48.7 Å². The molecule has 3 aromatic rings. The minimum Gasteiger partial charge on any atom is -0.440 e. The van der Waals surface area contributed by atoms with E-state index in [-0.39, 0.29) is 0 Å². The van der Waals surface area contributed by atoms with Crippen molar-refractivity contribution in [2.24, 2.45) is 0 Å². The van der Waals surface area contributed by atoms with Crippen LogP contribution >= 0.6 is 11.8 Å². The summed E-state index contributed by atoms with van der Waals surface area (Å²) < 4.78 is 12.8. The summed E-state index contributed by atoms with van der Waals surface area (Å²) in [5.74, 6) is 2.06. The van der Waals surface area contributed by atoms with Crippen LogP contribution in [0.3, 0.4) is 0 Å². The van der Waals surface area contributed by atoms with E-state index in [1.54, 1.807) is 31.4 Å². The highest BCUT2D eigenvalue weighted by Crippen LogP contribution is 2.24. The maximum Gasteiger partial charge on any atom is 0.205 e. The zero-order valence-corrected chi connectivity index (χ0v) is 13.0. The van der Waals surface area contributed by atoms with Crippen molar-refractivity contribution in [1.82, 2.24) is 19.7 Å². The Balaban J connectivity index is 1.63. The van der Waals surface area contributed by atoms with Gasteiger partial charge >= 0.3 is 0 Å². The van der Waals surface area contributed by atoms with Crippen LogP contribution in [-0.2, 0) is 17.0 Å². The van der Waals surface area contributed by atoms with Crippen molar-refractivity contribution < 1.29 is 9.15 Å². The van der Waals surface area contributed by atoms with Crippen LogP contribution in [0.15, 0.2) is 52.4 Å². The van der Waals surface area contributed by atoms with Crippen LogP contribution in [0.1, 0.15) is 5.89 Å². The lowest BCUT2D eigenvalue weighted by molar-refractivity contribution is 0.184. The fourth-order valence-corrected chi connectivity index (χ4v) is 2.73. The Bertz CT molecular complexity index is 711. The van der Waals surface area contributed by atoms with Crippen molar-refractivity contribution >= 4 is 11.8 Å². The Morgan fingerprint density at radius 1 is 1.27 bits per heavy atom. The number of thioether (sulfide) groups is 1. The predicted octanol–water partition coefficient (Wildman–Crippen LogP) is 2.87. The molecule has 1 aromatic carbocycles. The standard InChI is InChI=1S/C15H16N4O2S/c1-20-8-7-19-11-17-18-15(19)22-10-14-16-9-13(21-14)12-5-3-2-4-6-12/h2-6,9,11H,7-8,10H2,1H3. The summed E-state index contributed by atoms with van der Waals surface area (Å²) >= 11 is 1.54. The molecular weight excluding hydrogens is 300 g/mol. The van der Waals surface area contributed by atoms with Gasteiger partial charge in [0.05, 0.1) is 18.6 Å². The Morgan fingerprint density at radius 3 is 2.95 bits per heavy atom. The van der Waals surface area contributed by atoms with Crippen molar-refractivity contribution in [2.75, 3.05) is 13.7 Å². The molecule has 0 N–H and O–H groups in total. The second-order valence-electron chi connectivity index (χ2n) is 4.57. The lowest BCUT2D eigenvalue weighted by atomic mass is 10.2. The molecule has 0 aliphatic rings. The van der Waals surface area contributed by atoms with E-state index in [0.717, 1.165) is 23.0 Å². The third kappa shape index (κ3) is 3.55. The summed E-state index contributed by atoms with van der Waals surface area (Å²) in [6.07, 6.45) is 3.45. The van der Waals surface area contributed by atoms with Crippen LogP contribution in [-0.4, -0.2) is 33.5 Å². The SMILES string of the molecule is COCCn1cnnc1SCc1ncc(-c2ccccc2)o1. The molecule has 0 saturated heterocycles. The van der Waals surface area contributed by atoms with Crippen LogP contribution in [0.25, 0.3) is 11.3 Å². The van der Waals surface area contributed by atoms with Gasteiger partial charge in [0.1, 0.15) is 6.33 Å². The average Bonchev–Trinajstić information content (AvgIpc) is 3.21. The average molecular weight is 316 g/mol. The van der Waals surface area contributed by atoms with Gasteiger partial charge in [-0.25, -0.2) is 4.98 Å². The Morgan fingerprint density at radius 2 is 2.14 bits per heavy atom. The summed E-state index contributed by atoms with van der Waals surface area (Å²) in [6, 6.07) is 9.93. The van der Waals surface area contributed by atoms with Gasteiger partial charge in [0.2, 0.25) is 5.89 Å². The van der Waals surface area contributed by atoms with E-state index >= 15 is 0 Å². The fourth-order valence-electron chi connectivity index (χ4n) is 1.94. The lowest BCUT2D eigenvalue weighted by Crippen LogP contribution is -2.04. The van der Waals surface area contributed by atoms with Gasteiger partial charge in [-0.1, -0.05) is 42.1 Å². The Hall–Kier alpha value is -2.12. The molecule has 0 saturated carbocycles. The first-order valence-electron chi connectivity index (χ1n) is 6.86. The minimum atomic E-state index is 0.610. The molecule has 0 fully saturated rings. The lowest BCUT2D eigenvalue weighted by Gasteiger charge is -2.03. The molecule has 0 spiro atoms. The van der Waals surface area contributed by atoms with E-state index in [1.807, 2.05) is 34.9 Å². The molecule has 6 nitrogen and oxygen atoms in total. The van der Waals surface area contributed by atoms with E-state index in [4.69, 9.17) is 9.15 Å². The van der Waals surface area contributed by atoms with Crippen molar-refractivity contribution in [1.29, 1.82) is 0 Å². The van der Waals surface area contributed by atoms with E-state index < -0.39 is 0 Å². The van der Waals surface area contributed by atoms with Crippen molar-refractivity contribution in [2.45, 2.75) is 17.5 Å². The first kappa shape index (κ1) is 14.8. The molecule has 2 aromatic heterocycles. The molecule has 22 heavy (non-hydrogen) atoms. The number of methoxy groups -OCH3 is 1. The van der Waals surface area contributed by atoms with Gasteiger partial charge < -0.3 is 13.7 Å². The molecule has 2 heterocycles. The number of oxazole rings is 1. The monoisotopic (exact) mass is 316 g/mol. The van der Waals surface area contributed by atoms with Crippen LogP contribution in [0.5, 0.6) is 0 Å². The highest BCUT2D eigenvalue weighted by atomic mass is 32.2. The summed E-state index contributed by atoms with van der Waals surface area (Å²) in [6.45, 7) is 1.36. The van der Waals surface area contributed by atoms with Gasteiger partial charge in [-0.3, -0.25) is 0 Å². The maximum absolute atomic E-state index is 5.77. The van der Waals surface area contributed by atoms with Gasteiger partial charge in [0, 0.05) is 19.2 Å². The van der Waals surface area contributed by atoms with Gasteiger partial charge in [-0.05, 0) is 0 Å². The third-order valence-electron chi connectivity index (χ3n) is 3.05. The van der Waals surface area contributed by atoms with Crippen LogP contribution in [0.4, 0.5) is 0 Å². The third-order valence-corrected chi connectivity index (χ3v) is 4.02. The molecular formula is C15H16N4O2S. The Kier molecular flexibility index (Phi) is 4.87. The van der Waals surface area contributed by atoms with E-state index in [1.165, 1.54) is 0 Å². The highest BCUT2D eigenvalue weighted by Gasteiger charge is 2.10. The molecule has 7 heteroatoms. The normalized spacial score (nSPS) is 11.0. The quantitative estimate of drug-likeness (QED) is 0.624. The van der Waals surface area contributed by atoms with Gasteiger partial charge in [0.25, 0.3) is 0 Å². The second-order valence-corrected chi connectivity index (χ2v) is 5.52. The van der Waals surface area contributed by atoms with Gasteiger partial charge in [0.15, 0.2) is 10.9 Å². The largest absolute Gasteiger partial charge is 0.440 e. The van der Waals surface area contributed by atoms with E-state index in [2.05, 4.69) is 15.2 Å². The molecule has 0 amide bonds. The fraction of sp³-hybridized carbons (Fsp3) is 0.267. The zero-order chi connectivity index (χ0) is 15.2. The first-order chi connectivity index (χ1) is 10.9. The second kappa shape index (κ2) is 7.24. The molecule has 114 valence electrons. The zero-order valence-electron chi connectivity index (χ0n) is 12.2. The highest BCUT2D eigenvalue weighted by molar-refractivity contribution is 7.98. The number of benzene rings is 1. The first-order valence-corrected chi connectivity index (χ1v) is 7.85. The van der Waals surface area contributed by atoms with Crippen molar-refractivity contribution in [3.8, 4) is 11.3 Å². The molecule has 3 rings (SSSR count). The number of hydrogen-bond acceptors (Lipinski definition) is 6. The van der Waals surface area contributed by atoms with Crippen LogP contribution in [0.2, 0.25) is 0 Å². The minimum absolute atomic E-state index is 0.610. The number of aromatic nitrogens is 4. The summed E-state index contributed by atoms with van der Waals surface area (Å²) in [7, 11) is 1.68. The number of rotatable bonds is 7. The van der Waals surface area contributed by atoms with E-state index in [9.17, 15) is 0 Å². The maximum atomic E-state index is 5.77. The Labute approximate surface area is 132 Å². The van der Waals surface area contributed by atoms with Crippen molar-refractivity contribution in [3.63, 3.8) is 0 Å². The number of nitrogens with zero attached hydrogens (tertiary/aromatic N) is 4. The van der Waals surface area contributed by atoms with E-state index in [0.29, 0.717) is 18.3 Å². The van der Waals surface area contributed by atoms with Crippen LogP contribution in [0, 0.1) is 0 Å². The number of hydrogen-bond donors (Lipinski definition) is 0.